The SMILES string of the molecule is CCC(CC)(NC(=O)C(Cl)(Cl)Cl)C(=O)N1CCC(CCN2C3CCC2CC(n2c(C)nc4ccccc42)C3)(c2cccc(F)c2)CC1. The van der Waals surface area contributed by atoms with Crippen LogP contribution in [0.2, 0.25) is 0 Å². The Bertz CT molecular complexity index is 1600. The summed E-state index contributed by atoms with van der Waals surface area (Å²) in [6, 6.07) is 16.9. The van der Waals surface area contributed by atoms with E-state index in [0.717, 1.165) is 42.7 Å². The van der Waals surface area contributed by atoms with E-state index in [1.54, 1.807) is 12.1 Å². The Balaban J connectivity index is 1.18. The predicted molar refractivity (Wildman–Crippen MR) is 187 cm³/mol. The summed E-state index contributed by atoms with van der Waals surface area (Å²) >= 11 is 17.6. The number of fused-ring (bicyclic) bond motifs is 3. The van der Waals surface area contributed by atoms with Crippen LogP contribution in [0.3, 0.4) is 0 Å². The molecule has 1 N–H and O–H groups in total. The number of alkyl halides is 3. The van der Waals surface area contributed by atoms with Crippen LogP contribution in [0.5, 0.6) is 0 Å². The topological polar surface area (TPSA) is 70.5 Å². The van der Waals surface area contributed by atoms with E-state index in [-0.39, 0.29) is 17.1 Å². The number of piperidine rings is 2. The van der Waals surface area contributed by atoms with Crippen molar-refractivity contribution in [1.82, 2.24) is 24.7 Å². The molecule has 0 spiro atoms. The van der Waals surface area contributed by atoms with Gasteiger partial charge in [-0.15, -0.1) is 0 Å². The largest absolute Gasteiger partial charge is 0.341 e. The monoisotopic (exact) mass is 703 g/mol. The van der Waals surface area contributed by atoms with Crippen molar-refractivity contribution in [2.24, 2.45) is 0 Å². The Morgan fingerprint density at radius 3 is 2.26 bits per heavy atom. The first-order valence-electron chi connectivity index (χ1n) is 17.0. The highest BCUT2D eigenvalue weighted by atomic mass is 35.6. The molecule has 2 unspecified atom stereocenters. The van der Waals surface area contributed by atoms with Crippen LogP contribution in [0.15, 0.2) is 48.5 Å². The van der Waals surface area contributed by atoms with Crippen molar-refractivity contribution in [2.75, 3.05) is 19.6 Å². The van der Waals surface area contributed by atoms with Gasteiger partial charge in [-0.2, -0.15) is 0 Å². The summed E-state index contributed by atoms with van der Waals surface area (Å²) in [4.78, 5) is 36.0. The fourth-order valence-corrected chi connectivity index (χ4v) is 8.94. The number of amides is 2. The zero-order valence-corrected chi connectivity index (χ0v) is 29.7. The van der Waals surface area contributed by atoms with E-state index < -0.39 is 15.2 Å². The van der Waals surface area contributed by atoms with E-state index in [9.17, 15) is 14.0 Å². The molecule has 4 heterocycles. The van der Waals surface area contributed by atoms with Gasteiger partial charge in [-0.3, -0.25) is 14.5 Å². The first-order chi connectivity index (χ1) is 22.4. The molecule has 47 heavy (non-hydrogen) atoms. The van der Waals surface area contributed by atoms with Crippen molar-refractivity contribution in [3.63, 3.8) is 0 Å². The average Bonchev–Trinajstić information content (AvgIpc) is 3.52. The molecule has 2 amide bonds. The van der Waals surface area contributed by atoms with Crippen LogP contribution in [0.1, 0.15) is 89.1 Å². The smallest absolute Gasteiger partial charge is 0.273 e. The summed E-state index contributed by atoms with van der Waals surface area (Å²) in [6.07, 6.45) is 7.62. The highest BCUT2D eigenvalue weighted by molar-refractivity contribution is 6.76. The number of carbonyl (C=O) groups is 2. The molecular weight excluding hydrogens is 660 g/mol. The molecule has 11 heteroatoms. The summed E-state index contributed by atoms with van der Waals surface area (Å²) < 4.78 is 15.0. The molecule has 2 bridgehead atoms. The molecule has 3 aromatic rings. The molecule has 0 saturated carbocycles. The molecule has 1 aromatic heterocycles. The van der Waals surface area contributed by atoms with Crippen LogP contribution in [-0.4, -0.2) is 72.2 Å². The van der Waals surface area contributed by atoms with Crippen molar-refractivity contribution in [3.8, 4) is 0 Å². The number of likely N-dealkylation sites (tertiary alicyclic amines) is 1. The lowest BCUT2D eigenvalue weighted by atomic mass is 9.70. The van der Waals surface area contributed by atoms with Crippen LogP contribution >= 0.6 is 34.8 Å². The van der Waals surface area contributed by atoms with Gasteiger partial charge in [0.1, 0.15) is 17.2 Å². The molecule has 0 aliphatic carbocycles. The quantitative estimate of drug-likeness (QED) is 0.233. The lowest BCUT2D eigenvalue weighted by molar-refractivity contribution is -0.143. The summed E-state index contributed by atoms with van der Waals surface area (Å²) in [7, 11) is 0. The Morgan fingerprint density at radius 1 is 0.979 bits per heavy atom. The first-order valence-corrected chi connectivity index (χ1v) is 18.2. The van der Waals surface area contributed by atoms with Crippen LogP contribution in [0.4, 0.5) is 4.39 Å². The lowest BCUT2D eigenvalue weighted by Gasteiger charge is -2.47. The Kier molecular flexibility index (Phi) is 9.89. The molecule has 254 valence electrons. The number of benzene rings is 2. The molecule has 2 aromatic carbocycles. The third-order valence-corrected chi connectivity index (χ3v) is 12.0. The molecule has 2 atom stereocenters. The van der Waals surface area contributed by atoms with Crippen molar-refractivity contribution in [1.29, 1.82) is 0 Å². The summed E-state index contributed by atoms with van der Waals surface area (Å²) in [5.74, 6) is -0.132. The van der Waals surface area contributed by atoms with Crippen LogP contribution < -0.4 is 5.32 Å². The van der Waals surface area contributed by atoms with Gasteiger partial charge in [-0.1, -0.05) is 72.9 Å². The average molecular weight is 705 g/mol. The van der Waals surface area contributed by atoms with Crippen LogP contribution in [-0.2, 0) is 15.0 Å². The van der Waals surface area contributed by atoms with Crippen molar-refractivity contribution in [2.45, 2.75) is 111 Å². The first kappa shape index (κ1) is 34.5. The third-order valence-electron chi connectivity index (χ3n) is 11.5. The number of carbonyl (C=O) groups excluding carboxylic acids is 2. The Morgan fingerprint density at radius 2 is 1.64 bits per heavy atom. The maximum atomic E-state index is 14.7. The van der Waals surface area contributed by atoms with Gasteiger partial charge in [0.25, 0.3) is 9.70 Å². The summed E-state index contributed by atoms with van der Waals surface area (Å²) in [5.41, 5.74) is 1.84. The molecule has 6 rings (SSSR count). The minimum Gasteiger partial charge on any atom is -0.341 e. The van der Waals surface area contributed by atoms with E-state index in [4.69, 9.17) is 39.8 Å². The Hall–Kier alpha value is -2.39. The minimum atomic E-state index is -2.16. The Labute approximate surface area is 292 Å². The highest BCUT2D eigenvalue weighted by Crippen LogP contribution is 2.45. The summed E-state index contributed by atoms with van der Waals surface area (Å²) in [5, 5.41) is 2.75. The van der Waals surface area contributed by atoms with Crippen molar-refractivity contribution in [3.05, 3.63) is 65.7 Å². The maximum Gasteiger partial charge on any atom is 0.273 e. The number of nitrogens with one attached hydrogen (secondary N) is 1. The minimum absolute atomic E-state index is 0.166. The zero-order valence-electron chi connectivity index (χ0n) is 27.5. The molecule has 7 nitrogen and oxygen atoms in total. The van der Waals surface area contributed by atoms with E-state index >= 15 is 0 Å². The number of hydrogen-bond acceptors (Lipinski definition) is 4. The highest BCUT2D eigenvalue weighted by Gasteiger charge is 2.47. The van der Waals surface area contributed by atoms with Gasteiger partial charge in [-0.25, -0.2) is 9.37 Å². The molecule has 3 aliphatic rings. The molecular formula is C36H45Cl3FN5O2. The number of nitrogens with zero attached hydrogens (tertiary/aromatic N) is 4. The van der Waals surface area contributed by atoms with E-state index in [1.165, 1.54) is 24.4 Å². The van der Waals surface area contributed by atoms with Crippen molar-refractivity contribution >= 4 is 57.7 Å². The van der Waals surface area contributed by atoms with Gasteiger partial charge in [0.05, 0.1) is 11.0 Å². The maximum absolute atomic E-state index is 14.7. The third kappa shape index (κ3) is 6.64. The molecule has 3 fully saturated rings. The zero-order chi connectivity index (χ0) is 33.6. The van der Waals surface area contributed by atoms with Gasteiger partial charge >= 0.3 is 0 Å². The number of imidazole rings is 1. The van der Waals surface area contributed by atoms with Crippen LogP contribution in [0, 0.1) is 12.7 Å². The second-order valence-electron chi connectivity index (χ2n) is 13.8. The fourth-order valence-electron chi connectivity index (χ4n) is 8.80. The van der Waals surface area contributed by atoms with Gasteiger partial charge in [0.15, 0.2) is 0 Å². The number of para-hydroxylation sites is 2. The van der Waals surface area contributed by atoms with Gasteiger partial charge in [-0.05, 0) is 106 Å². The number of halogens is 4. The second-order valence-corrected chi connectivity index (χ2v) is 16.1. The molecule has 3 aliphatic heterocycles. The second kappa shape index (κ2) is 13.5. The fraction of sp³-hybridized carbons (Fsp3) is 0.583. The van der Waals surface area contributed by atoms with E-state index in [2.05, 4.69) is 46.0 Å². The predicted octanol–water partition coefficient (Wildman–Crippen LogP) is 7.65. The number of hydrogen-bond donors (Lipinski definition) is 1. The standard InChI is InChI=1S/C36H45Cl3FN5O2/c1-4-35(5-2,42-32(46)36(37,38)39)33(47)43-18-15-34(16-19-43,25-9-8-10-26(40)21-25)17-20-44-27-13-14-28(44)23-29(22-27)45-24(3)41-30-11-6-7-12-31(30)45/h6-12,21,27-29H,4-5,13-20,22-23H2,1-3H3,(H,42,46). The molecule has 3 saturated heterocycles. The van der Waals surface area contributed by atoms with Crippen LogP contribution in [0.25, 0.3) is 11.0 Å². The van der Waals surface area contributed by atoms with Crippen molar-refractivity contribution < 1.29 is 14.0 Å². The number of rotatable bonds is 9. The van der Waals surface area contributed by atoms with E-state index in [0.29, 0.717) is 56.9 Å². The lowest BCUT2D eigenvalue weighted by Crippen LogP contribution is -2.62. The van der Waals surface area contributed by atoms with E-state index in [1.807, 2.05) is 24.8 Å². The number of aryl methyl sites for hydroxylation is 1. The van der Waals surface area contributed by atoms with Gasteiger partial charge in [0.2, 0.25) is 5.91 Å². The van der Waals surface area contributed by atoms with Gasteiger partial charge < -0.3 is 14.8 Å². The molecule has 0 radical (unpaired) electrons. The van der Waals surface area contributed by atoms with Gasteiger partial charge in [0, 0.05) is 31.2 Å². The summed E-state index contributed by atoms with van der Waals surface area (Å²) in [6.45, 7) is 7.77. The number of aromatic nitrogens is 2. The normalized spacial score (nSPS) is 23.3.